The number of phenols is 1. The van der Waals surface area contributed by atoms with Gasteiger partial charge in [0.05, 0.1) is 0 Å². The highest BCUT2D eigenvalue weighted by molar-refractivity contribution is 5.37. The minimum absolute atomic E-state index is 0.385. The number of hydrogen-bond donors (Lipinski definition) is 1. The number of allylic oxidation sites excluding steroid dienone is 2. The monoisotopic (exact) mass is 160 g/mol. The fourth-order valence-electron chi connectivity index (χ4n) is 1.61. The third-order valence-corrected chi connectivity index (χ3v) is 2.27. The van der Waals surface area contributed by atoms with Crippen LogP contribution >= 0.6 is 0 Å². The van der Waals surface area contributed by atoms with Crippen molar-refractivity contribution in [2.24, 2.45) is 0 Å². The van der Waals surface area contributed by atoms with Crippen LogP contribution in [0.25, 0.3) is 0 Å². The van der Waals surface area contributed by atoms with E-state index in [-0.39, 0.29) is 0 Å². The van der Waals surface area contributed by atoms with E-state index in [1.807, 2.05) is 12.1 Å². The standard InChI is InChI=1S/C11H12O/c12-11-7-6-9-4-2-1-3-5-10(9)8-11/h1-2,6-8,12H,3-5H2. The van der Waals surface area contributed by atoms with E-state index in [1.165, 1.54) is 11.1 Å². The molecule has 0 radical (unpaired) electrons. The van der Waals surface area contributed by atoms with Gasteiger partial charge in [0.1, 0.15) is 5.75 Å². The van der Waals surface area contributed by atoms with Crippen molar-refractivity contribution < 1.29 is 5.11 Å². The molecule has 0 fully saturated rings. The van der Waals surface area contributed by atoms with Crippen molar-refractivity contribution in [3.05, 3.63) is 41.5 Å². The molecule has 1 N–H and O–H groups in total. The molecule has 2 rings (SSSR count). The number of phenolic OH excluding ortho intramolecular Hbond substituents is 1. The Kier molecular flexibility index (Phi) is 1.86. The predicted octanol–water partition coefficient (Wildman–Crippen LogP) is 2.44. The quantitative estimate of drug-likeness (QED) is 0.578. The van der Waals surface area contributed by atoms with Crippen molar-refractivity contribution >= 4 is 0 Å². The molecule has 1 heteroatoms. The zero-order valence-corrected chi connectivity index (χ0v) is 6.96. The largest absolute Gasteiger partial charge is 0.508 e. The minimum atomic E-state index is 0.385. The maximum atomic E-state index is 9.26. The van der Waals surface area contributed by atoms with E-state index >= 15 is 0 Å². The van der Waals surface area contributed by atoms with E-state index in [0.717, 1.165) is 19.3 Å². The van der Waals surface area contributed by atoms with Gasteiger partial charge in [0.2, 0.25) is 0 Å². The molecule has 0 saturated heterocycles. The summed E-state index contributed by atoms with van der Waals surface area (Å²) in [4.78, 5) is 0. The van der Waals surface area contributed by atoms with Crippen LogP contribution in [0.2, 0.25) is 0 Å². The van der Waals surface area contributed by atoms with E-state index in [2.05, 4.69) is 12.2 Å². The Labute approximate surface area is 72.4 Å². The van der Waals surface area contributed by atoms with Crippen LogP contribution in [0.3, 0.4) is 0 Å². The van der Waals surface area contributed by atoms with Crippen molar-refractivity contribution in [1.29, 1.82) is 0 Å². The van der Waals surface area contributed by atoms with Crippen molar-refractivity contribution in [3.63, 3.8) is 0 Å². The molecule has 1 aromatic rings. The van der Waals surface area contributed by atoms with Gasteiger partial charge in [0.15, 0.2) is 0 Å². The predicted molar refractivity (Wildman–Crippen MR) is 49.3 cm³/mol. The lowest BCUT2D eigenvalue weighted by molar-refractivity contribution is 0.474. The molecule has 0 bridgehead atoms. The van der Waals surface area contributed by atoms with Crippen LogP contribution in [0, 0.1) is 0 Å². The lowest BCUT2D eigenvalue weighted by atomic mass is 10.0. The van der Waals surface area contributed by atoms with Gasteiger partial charge < -0.3 is 5.11 Å². The van der Waals surface area contributed by atoms with Gasteiger partial charge >= 0.3 is 0 Å². The van der Waals surface area contributed by atoms with Crippen molar-refractivity contribution in [2.45, 2.75) is 19.3 Å². The molecule has 0 atom stereocenters. The molecule has 0 aromatic heterocycles. The normalized spacial score (nSPS) is 15.3. The molecule has 0 saturated carbocycles. The van der Waals surface area contributed by atoms with Gasteiger partial charge in [-0.05, 0) is 42.5 Å². The molecule has 62 valence electrons. The molecule has 1 aromatic carbocycles. The first kappa shape index (κ1) is 7.41. The summed E-state index contributed by atoms with van der Waals surface area (Å²) in [5, 5.41) is 9.26. The Morgan fingerprint density at radius 3 is 2.92 bits per heavy atom. The average molecular weight is 160 g/mol. The molecule has 0 heterocycles. The first-order valence-corrected chi connectivity index (χ1v) is 4.32. The number of benzene rings is 1. The molecule has 1 aliphatic rings. The van der Waals surface area contributed by atoms with Gasteiger partial charge in [-0.1, -0.05) is 18.2 Å². The van der Waals surface area contributed by atoms with Crippen LogP contribution in [0.1, 0.15) is 17.5 Å². The second-order valence-electron chi connectivity index (χ2n) is 3.17. The number of rotatable bonds is 0. The van der Waals surface area contributed by atoms with Crippen molar-refractivity contribution in [1.82, 2.24) is 0 Å². The van der Waals surface area contributed by atoms with Crippen molar-refractivity contribution in [2.75, 3.05) is 0 Å². The summed E-state index contributed by atoms with van der Waals surface area (Å²) in [6, 6.07) is 5.65. The third-order valence-electron chi connectivity index (χ3n) is 2.27. The zero-order valence-electron chi connectivity index (χ0n) is 6.96. The molecular formula is C11H12O. The van der Waals surface area contributed by atoms with Gasteiger partial charge in [-0.2, -0.15) is 0 Å². The van der Waals surface area contributed by atoms with Crippen LogP contribution < -0.4 is 0 Å². The Balaban J connectivity index is 2.42. The summed E-state index contributed by atoms with van der Waals surface area (Å²) < 4.78 is 0. The highest BCUT2D eigenvalue weighted by Gasteiger charge is 2.04. The van der Waals surface area contributed by atoms with Gasteiger partial charge in [-0.15, -0.1) is 0 Å². The topological polar surface area (TPSA) is 20.2 Å². The van der Waals surface area contributed by atoms with Gasteiger partial charge in [0.25, 0.3) is 0 Å². The van der Waals surface area contributed by atoms with E-state index in [1.54, 1.807) is 6.07 Å². The average Bonchev–Trinajstić information content (AvgIpc) is 2.28. The van der Waals surface area contributed by atoms with Crippen molar-refractivity contribution in [3.8, 4) is 5.75 Å². The third kappa shape index (κ3) is 1.35. The number of aryl methyl sites for hydroxylation is 1. The number of hydrogen-bond acceptors (Lipinski definition) is 1. The van der Waals surface area contributed by atoms with Gasteiger partial charge in [-0.25, -0.2) is 0 Å². The Hall–Kier alpha value is -1.24. The summed E-state index contributed by atoms with van der Waals surface area (Å²) in [5.74, 6) is 0.385. The molecule has 12 heavy (non-hydrogen) atoms. The summed E-state index contributed by atoms with van der Waals surface area (Å²) in [7, 11) is 0. The van der Waals surface area contributed by atoms with Crippen LogP contribution in [0.4, 0.5) is 0 Å². The second-order valence-corrected chi connectivity index (χ2v) is 3.17. The highest BCUT2D eigenvalue weighted by Crippen LogP contribution is 2.21. The van der Waals surface area contributed by atoms with E-state index in [0.29, 0.717) is 5.75 Å². The molecule has 0 amide bonds. The summed E-state index contributed by atoms with van der Waals surface area (Å²) in [5.41, 5.74) is 2.64. The Morgan fingerprint density at radius 1 is 1.08 bits per heavy atom. The van der Waals surface area contributed by atoms with Crippen LogP contribution in [-0.4, -0.2) is 5.11 Å². The molecule has 0 aliphatic heterocycles. The molecular weight excluding hydrogens is 148 g/mol. The molecule has 0 spiro atoms. The minimum Gasteiger partial charge on any atom is -0.508 e. The van der Waals surface area contributed by atoms with Gasteiger partial charge in [-0.3, -0.25) is 0 Å². The van der Waals surface area contributed by atoms with E-state index in [4.69, 9.17) is 0 Å². The van der Waals surface area contributed by atoms with Crippen LogP contribution in [0.5, 0.6) is 5.75 Å². The molecule has 1 aliphatic carbocycles. The maximum absolute atomic E-state index is 9.26. The Bertz CT molecular complexity index is 313. The first-order valence-electron chi connectivity index (χ1n) is 4.32. The number of aromatic hydroxyl groups is 1. The second kappa shape index (κ2) is 3.02. The number of fused-ring (bicyclic) bond motifs is 1. The lowest BCUT2D eigenvalue weighted by Gasteiger charge is -2.04. The molecule has 0 unspecified atom stereocenters. The lowest BCUT2D eigenvalue weighted by Crippen LogP contribution is -1.89. The summed E-state index contributed by atoms with van der Waals surface area (Å²) in [6.45, 7) is 0. The van der Waals surface area contributed by atoms with E-state index in [9.17, 15) is 5.11 Å². The fourth-order valence-corrected chi connectivity index (χ4v) is 1.61. The van der Waals surface area contributed by atoms with Gasteiger partial charge in [0, 0.05) is 0 Å². The summed E-state index contributed by atoms with van der Waals surface area (Å²) >= 11 is 0. The smallest absolute Gasteiger partial charge is 0.115 e. The SMILES string of the molecule is Oc1ccc2c(c1)CCC=CC2. The maximum Gasteiger partial charge on any atom is 0.115 e. The first-order chi connectivity index (χ1) is 5.86. The Morgan fingerprint density at radius 2 is 2.00 bits per heavy atom. The van der Waals surface area contributed by atoms with Crippen LogP contribution in [0.15, 0.2) is 30.4 Å². The zero-order chi connectivity index (χ0) is 8.39. The van der Waals surface area contributed by atoms with Crippen LogP contribution in [-0.2, 0) is 12.8 Å². The highest BCUT2D eigenvalue weighted by atomic mass is 16.3. The van der Waals surface area contributed by atoms with E-state index < -0.39 is 0 Å². The fraction of sp³-hybridized carbons (Fsp3) is 0.273. The summed E-state index contributed by atoms with van der Waals surface area (Å²) in [6.07, 6.45) is 7.56. The molecule has 1 nitrogen and oxygen atoms in total.